The standard InChI is InChI=1S/C12H14N4/c1-9-5-3-4-6-10(9)16-12-7-11(13-2)14-8-15-12/h3-8H,1-2H3,(H2,13,14,15,16). The Balaban J connectivity index is 2.24. The third kappa shape index (κ3) is 2.28. The molecule has 1 heterocycles. The highest BCUT2D eigenvalue weighted by Crippen LogP contribution is 2.19. The zero-order chi connectivity index (χ0) is 11.4. The van der Waals surface area contributed by atoms with Crippen LogP contribution in [-0.2, 0) is 0 Å². The molecule has 4 heteroatoms. The van der Waals surface area contributed by atoms with Gasteiger partial charge in [0.1, 0.15) is 18.0 Å². The number of aromatic nitrogens is 2. The predicted molar refractivity (Wildman–Crippen MR) is 66.0 cm³/mol. The van der Waals surface area contributed by atoms with Crippen LogP contribution in [0.25, 0.3) is 0 Å². The Hall–Kier alpha value is -2.10. The Morgan fingerprint density at radius 1 is 1.06 bits per heavy atom. The molecule has 0 bridgehead atoms. The van der Waals surface area contributed by atoms with Gasteiger partial charge in [-0.1, -0.05) is 18.2 Å². The highest BCUT2D eigenvalue weighted by atomic mass is 15.1. The van der Waals surface area contributed by atoms with Crippen molar-refractivity contribution >= 4 is 17.3 Å². The van der Waals surface area contributed by atoms with Crippen LogP contribution in [0.1, 0.15) is 5.56 Å². The van der Waals surface area contributed by atoms with Crippen LogP contribution in [0.3, 0.4) is 0 Å². The van der Waals surface area contributed by atoms with E-state index in [1.54, 1.807) is 0 Å². The second-order valence-corrected chi connectivity index (χ2v) is 3.48. The molecule has 2 aromatic rings. The fourth-order valence-corrected chi connectivity index (χ4v) is 1.41. The fraction of sp³-hybridized carbons (Fsp3) is 0.167. The lowest BCUT2D eigenvalue weighted by Gasteiger charge is -2.08. The molecule has 82 valence electrons. The van der Waals surface area contributed by atoms with Crippen molar-refractivity contribution in [3.05, 3.63) is 42.2 Å². The number of nitrogens with one attached hydrogen (secondary N) is 2. The first-order valence-corrected chi connectivity index (χ1v) is 5.12. The molecule has 0 unspecified atom stereocenters. The average molecular weight is 214 g/mol. The predicted octanol–water partition coefficient (Wildman–Crippen LogP) is 2.57. The van der Waals surface area contributed by atoms with E-state index >= 15 is 0 Å². The lowest BCUT2D eigenvalue weighted by Crippen LogP contribution is -1.98. The summed E-state index contributed by atoms with van der Waals surface area (Å²) >= 11 is 0. The summed E-state index contributed by atoms with van der Waals surface area (Å²) in [5, 5.41) is 6.23. The largest absolute Gasteiger partial charge is 0.373 e. The minimum atomic E-state index is 0.786. The summed E-state index contributed by atoms with van der Waals surface area (Å²) in [6.07, 6.45) is 1.53. The van der Waals surface area contributed by atoms with Crippen molar-refractivity contribution in [2.45, 2.75) is 6.92 Å². The SMILES string of the molecule is CNc1cc(Nc2ccccc2C)ncn1. The first-order valence-electron chi connectivity index (χ1n) is 5.12. The Morgan fingerprint density at radius 2 is 1.81 bits per heavy atom. The van der Waals surface area contributed by atoms with E-state index < -0.39 is 0 Å². The number of anilines is 3. The lowest BCUT2D eigenvalue weighted by molar-refractivity contribution is 1.16. The van der Waals surface area contributed by atoms with Crippen LogP contribution in [0.15, 0.2) is 36.7 Å². The van der Waals surface area contributed by atoms with Crippen molar-refractivity contribution in [1.29, 1.82) is 0 Å². The third-order valence-electron chi connectivity index (χ3n) is 2.33. The zero-order valence-electron chi connectivity index (χ0n) is 9.36. The number of rotatable bonds is 3. The molecular weight excluding hydrogens is 200 g/mol. The summed E-state index contributed by atoms with van der Waals surface area (Å²) in [5.74, 6) is 1.58. The van der Waals surface area contributed by atoms with Crippen LogP contribution in [0.5, 0.6) is 0 Å². The highest BCUT2D eigenvalue weighted by molar-refractivity contribution is 5.61. The molecule has 2 N–H and O–H groups in total. The zero-order valence-corrected chi connectivity index (χ0v) is 9.36. The smallest absolute Gasteiger partial charge is 0.135 e. The van der Waals surface area contributed by atoms with E-state index in [2.05, 4.69) is 33.6 Å². The molecule has 2 rings (SSSR count). The molecule has 0 saturated carbocycles. The summed E-state index contributed by atoms with van der Waals surface area (Å²) < 4.78 is 0. The minimum Gasteiger partial charge on any atom is -0.373 e. The van der Waals surface area contributed by atoms with E-state index in [9.17, 15) is 0 Å². The van der Waals surface area contributed by atoms with Gasteiger partial charge < -0.3 is 10.6 Å². The molecule has 1 aromatic carbocycles. The molecule has 0 aliphatic rings. The van der Waals surface area contributed by atoms with Crippen molar-refractivity contribution in [2.75, 3.05) is 17.7 Å². The molecule has 1 aromatic heterocycles. The van der Waals surface area contributed by atoms with Gasteiger partial charge in [0.2, 0.25) is 0 Å². The summed E-state index contributed by atoms with van der Waals surface area (Å²) in [4.78, 5) is 8.22. The van der Waals surface area contributed by atoms with Gasteiger partial charge in [-0.3, -0.25) is 0 Å². The van der Waals surface area contributed by atoms with Crippen LogP contribution in [-0.4, -0.2) is 17.0 Å². The van der Waals surface area contributed by atoms with E-state index in [1.807, 2.05) is 31.3 Å². The van der Waals surface area contributed by atoms with Gasteiger partial charge in [-0.15, -0.1) is 0 Å². The maximum atomic E-state index is 4.16. The van der Waals surface area contributed by atoms with Gasteiger partial charge >= 0.3 is 0 Å². The molecule has 0 saturated heterocycles. The Bertz CT molecular complexity index is 482. The van der Waals surface area contributed by atoms with Crippen LogP contribution < -0.4 is 10.6 Å². The molecule has 4 nitrogen and oxygen atoms in total. The summed E-state index contributed by atoms with van der Waals surface area (Å²) in [5.41, 5.74) is 2.25. The number of hydrogen-bond donors (Lipinski definition) is 2. The van der Waals surface area contributed by atoms with Crippen molar-refractivity contribution < 1.29 is 0 Å². The van der Waals surface area contributed by atoms with Crippen molar-refractivity contribution in [2.24, 2.45) is 0 Å². The Morgan fingerprint density at radius 3 is 2.56 bits per heavy atom. The third-order valence-corrected chi connectivity index (χ3v) is 2.33. The van der Waals surface area contributed by atoms with Gasteiger partial charge in [-0.05, 0) is 18.6 Å². The van der Waals surface area contributed by atoms with Gasteiger partial charge in [0, 0.05) is 18.8 Å². The number of nitrogens with zero attached hydrogens (tertiary/aromatic N) is 2. The van der Waals surface area contributed by atoms with E-state index in [1.165, 1.54) is 11.9 Å². The number of aryl methyl sites for hydroxylation is 1. The maximum Gasteiger partial charge on any atom is 0.135 e. The van der Waals surface area contributed by atoms with Crippen molar-refractivity contribution in [1.82, 2.24) is 9.97 Å². The first kappa shape index (κ1) is 10.4. The summed E-state index contributed by atoms with van der Waals surface area (Å²) in [7, 11) is 1.83. The Kier molecular flexibility index (Phi) is 3.00. The fourth-order valence-electron chi connectivity index (χ4n) is 1.41. The lowest BCUT2D eigenvalue weighted by atomic mass is 10.2. The minimum absolute atomic E-state index is 0.786. The molecular formula is C12H14N4. The van der Waals surface area contributed by atoms with E-state index in [0.717, 1.165) is 17.3 Å². The molecule has 0 aliphatic carbocycles. The molecule has 0 aliphatic heterocycles. The van der Waals surface area contributed by atoms with Gasteiger partial charge in [-0.25, -0.2) is 9.97 Å². The molecule has 0 fully saturated rings. The Labute approximate surface area is 94.8 Å². The quantitative estimate of drug-likeness (QED) is 0.824. The number of benzene rings is 1. The van der Waals surface area contributed by atoms with Gasteiger partial charge in [0.05, 0.1) is 0 Å². The average Bonchev–Trinajstić information content (AvgIpc) is 2.32. The van der Waals surface area contributed by atoms with Crippen LogP contribution in [0.2, 0.25) is 0 Å². The second-order valence-electron chi connectivity index (χ2n) is 3.48. The normalized spacial score (nSPS) is 9.88. The van der Waals surface area contributed by atoms with Crippen molar-refractivity contribution in [3.8, 4) is 0 Å². The van der Waals surface area contributed by atoms with Gasteiger partial charge in [0.25, 0.3) is 0 Å². The van der Waals surface area contributed by atoms with Gasteiger partial charge in [0.15, 0.2) is 0 Å². The van der Waals surface area contributed by atoms with Gasteiger partial charge in [-0.2, -0.15) is 0 Å². The number of para-hydroxylation sites is 1. The maximum absolute atomic E-state index is 4.16. The van der Waals surface area contributed by atoms with Crippen LogP contribution in [0.4, 0.5) is 17.3 Å². The topological polar surface area (TPSA) is 49.8 Å². The van der Waals surface area contributed by atoms with E-state index in [4.69, 9.17) is 0 Å². The molecule has 0 atom stereocenters. The molecule has 0 radical (unpaired) electrons. The van der Waals surface area contributed by atoms with E-state index in [-0.39, 0.29) is 0 Å². The van der Waals surface area contributed by atoms with Crippen molar-refractivity contribution in [3.63, 3.8) is 0 Å². The number of hydrogen-bond acceptors (Lipinski definition) is 4. The first-order chi connectivity index (χ1) is 7.79. The van der Waals surface area contributed by atoms with Crippen LogP contribution in [0, 0.1) is 6.92 Å². The highest BCUT2D eigenvalue weighted by Gasteiger charge is 1.99. The van der Waals surface area contributed by atoms with E-state index in [0.29, 0.717) is 0 Å². The molecule has 16 heavy (non-hydrogen) atoms. The summed E-state index contributed by atoms with van der Waals surface area (Å²) in [6.45, 7) is 2.06. The summed E-state index contributed by atoms with van der Waals surface area (Å²) in [6, 6.07) is 9.96. The monoisotopic (exact) mass is 214 g/mol. The second kappa shape index (κ2) is 4.61. The molecule has 0 spiro atoms. The molecule has 0 amide bonds. The van der Waals surface area contributed by atoms with Crippen LogP contribution >= 0.6 is 0 Å².